The molecule has 0 aliphatic heterocycles. The van der Waals surface area contributed by atoms with Crippen molar-refractivity contribution in [3.05, 3.63) is 40.6 Å². The highest BCUT2D eigenvalue weighted by Crippen LogP contribution is 2.17. The highest BCUT2D eigenvalue weighted by Gasteiger charge is 1.98. The molecule has 1 aromatic carbocycles. The van der Waals surface area contributed by atoms with Gasteiger partial charge in [0.05, 0.1) is 0 Å². The van der Waals surface area contributed by atoms with Crippen molar-refractivity contribution in [1.82, 2.24) is 5.59 Å². The van der Waals surface area contributed by atoms with E-state index in [9.17, 15) is 5.11 Å². The molecule has 0 aromatic heterocycles. The first-order valence-corrected chi connectivity index (χ1v) is 4.33. The third kappa shape index (κ3) is 3.35. The van der Waals surface area contributed by atoms with Gasteiger partial charge in [0.1, 0.15) is 12.4 Å². The van der Waals surface area contributed by atoms with Gasteiger partial charge in [-0.2, -0.15) is 0 Å². The molecule has 4 nitrogen and oxygen atoms in total. The van der Waals surface area contributed by atoms with Gasteiger partial charge in [0.25, 0.3) is 0 Å². The van der Waals surface area contributed by atoms with Crippen LogP contribution in [0.5, 0.6) is 0 Å². The second-order valence-electron chi connectivity index (χ2n) is 2.56. The van der Waals surface area contributed by atoms with Crippen molar-refractivity contribution in [2.24, 2.45) is 5.84 Å². The van der Waals surface area contributed by atoms with Gasteiger partial charge in [-0.05, 0) is 17.7 Å². The van der Waals surface area contributed by atoms with Crippen LogP contribution >= 0.6 is 11.6 Å². The van der Waals surface area contributed by atoms with Gasteiger partial charge in [0, 0.05) is 5.02 Å². The molecule has 0 aliphatic rings. The number of aliphatic hydroxyl groups excluding tert-OH is 1. The molecule has 1 aromatic rings. The fraction of sp³-hybridized carbons (Fsp3) is 0.111. The number of hydrazine groups is 1. The summed E-state index contributed by atoms with van der Waals surface area (Å²) < 4.78 is 0. The van der Waals surface area contributed by atoms with E-state index in [1.54, 1.807) is 12.1 Å². The Morgan fingerprint density at radius 2 is 2.29 bits per heavy atom. The van der Waals surface area contributed by atoms with Crippen molar-refractivity contribution < 1.29 is 9.94 Å². The minimum absolute atomic E-state index is 0.0122. The quantitative estimate of drug-likeness (QED) is 0.405. The van der Waals surface area contributed by atoms with Crippen molar-refractivity contribution in [2.45, 2.75) is 0 Å². The Kier molecular flexibility index (Phi) is 4.42. The number of halogens is 1. The monoisotopic (exact) mass is 214 g/mol. The molecular weight excluding hydrogens is 204 g/mol. The van der Waals surface area contributed by atoms with Crippen LogP contribution in [0.3, 0.4) is 0 Å². The summed E-state index contributed by atoms with van der Waals surface area (Å²) in [6.07, 6.45) is 1.51. The second-order valence-corrected chi connectivity index (χ2v) is 2.97. The van der Waals surface area contributed by atoms with E-state index in [4.69, 9.17) is 17.4 Å². The lowest BCUT2D eigenvalue weighted by Crippen LogP contribution is -2.23. The number of hydrogen-bond acceptors (Lipinski definition) is 4. The van der Waals surface area contributed by atoms with Gasteiger partial charge < -0.3 is 5.11 Å². The maximum absolute atomic E-state index is 9.34. The van der Waals surface area contributed by atoms with Crippen molar-refractivity contribution >= 4 is 17.7 Å². The van der Waals surface area contributed by atoms with E-state index in [0.29, 0.717) is 5.02 Å². The van der Waals surface area contributed by atoms with Crippen LogP contribution in [-0.2, 0) is 4.84 Å². The Morgan fingerprint density at radius 3 is 2.93 bits per heavy atom. The molecule has 5 heteroatoms. The average Bonchev–Trinajstić information content (AvgIpc) is 2.18. The van der Waals surface area contributed by atoms with Crippen LogP contribution in [0.25, 0.3) is 6.08 Å². The first kappa shape index (κ1) is 11.0. The molecule has 0 saturated heterocycles. The van der Waals surface area contributed by atoms with Gasteiger partial charge in [-0.25, -0.2) is 5.84 Å². The first-order chi connectivity index (χ1) is 6.74. The molecular formula is C9H11ClN2O2. The minimum atomic E-state index is -0.0122. The Bertz CT molecular complexity index is 328. The highest BCUT2D eigenvalue weighted by atomic mass is 35.5. The predicted molar refractivity (Wildman–Crippen MR) is 55.3 cm³/mol. The summed E-state index contributed by atoms with van der Waals surface area (Å²) in [6, 6.07) is 7.17. The predicted octanol–water partition coefficient (Wildman–Crippen LogP) is 1.63. The molecule has 0 aliphatic carbocycles. The summed E-state index contributed by atoms with van der Waals surface area (Å²) in [4.78, 5) is 4.57. The lowest BCUT2D eigenvalue weighted by Gasteiger charge is -2.01. The second kappa shape index (κ2) is 5.62. The molecule has 0 amide bonds. The van der Waals surface area contributed by atoms with Gasteiger partial charge in [0.15, 0.2) is 0 Å². The number of nitrogens with two attached hydrogens (primary N) is 1. The summed E-state index contributed by atoms with van der Waals surface area (Å²) >= 11 is 5.87. The van der Waals surface area contributed by atoms with Crippen molar-refractivity contribution in [3.63, 3.8) is 0 Å². The Balaban J connectivity index is 2.71. The third-order valence-electron chi connectivity index (χ3n) is 1.53. The smallest absolute Gasteiger partial charge is 0.127 e. The lowest BCUT2D eigenvalue weighted by atomic mass is 10.2. The van der Waals surface area contributed by atoms with Crippen LogP contribution in [0.2, 0.25) is 5.02 Å². The van der Waals surface area contributed by atoms with Crippen molar-refractivity contribution in [1.29, 1.82) is 0 Å². The topological polar surface area (TPSA) is 67.5 Å². The number of rotatable bonds is 4. The van der Waals surface area contributed by atoms with E-state index in [-0.39, 0.29) is 12.4 Å². The molecule has 0 radical (unpaired) electrons. The minimum Gasteiger partial charge on any atom is -0.510 e. The summed E-state index contributed by atoms with van der Waals surface area (Å²) in [7, 11) is 0. The summed E-state index contributed by atoms with van der Waals surface area (Å²) in [6.45, 7) is -0.0122. The summed E-state index contributed by atoms with van der Waals surface area (Å²) in [5.74, 6) is 4.90. The van der Waals surface area contributed by atoms with Crippen LogP contribution in [0.4, 0.5) is 0 Å². The summed E-state index contributed by atoms with van der Waals surface area (Å²) in [5, 5.41) is 9.91. The maximum atomic E-state index is 9.34. The standard InChI is InChI=1S/C9H11ClN2O2/c10-9-4-2-1-3-7(9)5-8(13)6-14-12-11/h1-5,12-13H,6,11H2/b8-5-. The zero-order valence-corrected chi connectivity index (χ0v) is 8.16. The number of benzene rings is 1. The SMILES string of the molecule is NNOC/C(O)=C/c1ccccc1Cl. The van der Waals surface area contributed by atoms with E-state index >= 15 is 0 Å². The number of hydrogen-bond donors (Lipinski definition) is 3. The molecule has 0 atom stereocenters. The number of aliphatic hydroxyl groups is 1. The average molecular weight is 215 g/mol. The first-order valence-electron chi connectivity index (χ1n) is 3.95. The van der Waals surface area contributed by atoms with Crippen LogP contribution in [0, 0.1) is 0 Å². The van der Waals surface area contributed by atoms with Crippen molar-refractivity contribution in [3.8, 4) is 0 Å². The lowest BCUT2D eigenvalue weighted by molar-refractivity contribution is 0.0419. The Hall–Kier alpha value is -1.07. The molecule has 0 bridgehead atoms. The van der Waals surface area contributed by atoms with E-state index in [1.165, 1.54) is 6.08 Å². The molecule has 76 valence electrons. The zero-order chi connectivity index (χ0) is 10.4. The van der Waals surface area contributed by atoms with Gasteiger partial charge >= 0.3 is 0 Å². The van der Waals surface area contributed by atoms with Crippen LogP contribution in [-0.4, -0.2) is 11.7 Å². The summed E-state index contributed by atoms with van der Waals surface area (Å²) in [5.41, 5.74) is 2.69. The number of nitrogens with one attached hydrogen (secondary N) is 1. The maximum Gasteiger partial charge on any atom is 0.127 e. The van der Waals surface area contributed by atoms with Crippen LogP contribution in [0.1, 0.15) is 5.56 Å². The molecule has 1 rings (SSSR count). The van der Waals surface area contributed by atoms with Crippen LogP contribution < -0.4 is 11.4 Å². The van der Waals surface area contributed by atoms with Gasteiger partial charge in [0.2, 0.25) is 0 Å². The molecule has 0 unspecified atom stereocenters. The van der Waals surface area contributed by atoms with Crippen LogP contribution in [0.15, 0.2) is 30.0 Å². The van der Waals surface area contributed by atoms with Gasteiger partial charge in [-0.1, -0.05) is 29.8 Å². The van der Waals surface area contributed by atoms with Gasteiger partial charge in [-0.3, -0.25) is 4.84 Å². The highest BCUT2D eigenvalue weighted by molar-refractivity contribution is 6.32. The molecule has 4 N–H and O–H groups in total. The van der Waals surface area contributed by atoms with E-state index < -0.39 is 0 Å². The van der Waals surface area contributed by atoms with Gasteiger partial charge in [-0.15, -0.1) is 5.59 Å². The van der Waals surface area contributed by atoms with Crippen molar-refractivity contribution in [2.75, 3.05) is 6.61 Å². The molecule has 14 heavy (non-hydrogen) atoms. The zero-order valence-electron chi connectivity index (χ0n) is 7.40. The molecule has 0 saturated carbocycles. The molecule has 0 fully saturated rings. The van der Waals surface area contributed by atoms with E-state index in [2.05, 4.69) is 4.84 Å². The fourth-order valence-electron chi connectivity index (χ4n) is 0.929. The normalized spacial score (nSPS) is 11.7. The fourth-order valence-corrected chi connectivity index (χ4v) is 1.12. The largest absolute Gasteiger partial charge is 0.510 e. The molecule has 0 spiro atoms. The Labute approximate surface area is 86.9 Å². The Morgan fingerprint density at radius 1 is 1.57 bits per heavy atom. The third-order valence-corrected chi connectivity index (χ3v) is 1.87. The molecule has 0 heterocycles. The van der Waals surface area contributed by atoms with E-state index in [1.807, 2.05) is 17.7 Å². The van der Waals surface area contributed by atoms with E-state index in [0.717, 1.165) is 5.56 Å².